The van der Waals surface area contributed by atoms with Crippen LogP contribution in [0, 0.1) is 0 Å². The number of halogens is 1. The summed E-state index contributed by atoms with van der Waals surface area (Å²) in [6.07, 6.45) is 0.841. The lowest BCUT2D eigenvalue weighted by Gasteiger charge is -2.27. The van der Waals surface area contributed by atoms with Crippen LogP contribution in [0.2, 0.25) is 5.02 Å². The quantitative estimate of drug-likeness (QED) is 0.825. The molecule has 3 heteroatoms. The second-order valence-corrected chi connectivity index (χ2v) is 5.38. The zero-order valence-corrected chi connectivity index (χ0v) is 13.3. The van der Waals surface area contributed by atoms with Crippen molar-refractivity contribution in [1.82, 2.24) is 5.32 Å². The average Bonchev–Trinajstić information content (AvgIpc) is 2.53. The normalized spacial score (nSPS) is 13.9. The van der Waals surface area contributed by atoms with Crippen LogP contribution in [0.1, 0.15) is 24.2 Å². The average molecular weight is 304 g/mol. The highest BCUT2D eigenvalue weighted by atomic mass is 35.5. The van der Waals surface area contributed by atoms with Crippen LogP contribution in [0.3, 0.4) is 0 Å². The molecule has 0 aliphatic heterocycles. The summed E-state index contributed by atoms with van der Waals surface area (Å²) in [7, 11) is 1.97. The van der Waals surface area contributed by atoms with Crippen LogP contribution in [0.4, 0.5) is 0 Å². The minimum absolute atomic E-state index is 0.0115. The Morgan fingerprint density at radius 1 is 1.05 bits per heavy atom. The smallest absolute Gasteiger partial charge is 0.0980 e. The zero-order chi connectivity index (χ0) is 15.1. The molecule has 0 radical (unpaired) electrons. The van der Waals surface area contributed by atoms with Crippen LogP contribution in [0.25, 0.3) is 0 Å². The largest absolute Gasteiger partial charge is 0.372 e. The third kappa shape index (κ3) is 4.31. The van der Waals surface area contributed by atoms with E-state index in [9.17, 15) is 0 Å². The molecule has 0 heterocycles. The number of ether oxygens (including phenoxy) is 1. The number of hydrogen-bond acceptors (Lipinski definition) is 2. The Morgan fingerprint density at radius 3 is 2.33 bits per heavy atom. The van der Waals surface area contributed by atoms with Crippen molar-refractivity contribution in [2.75, 3.05) is 13.7 Å². The number of rotatable bonds is 7. The topological polar surface area (TPSA) is 21.3 Å². The summed E-state index contributed by atoms with van der Waals surface area (Å²) in [5, 5.41) is 4.18. The second-order valence-electron chi connectivity index (χ2n) is 4.98. The molecule has 2 aromatic rings. The molecule has 0 saturated heterocycles. The fourth-order valence-electron chi connectivity index (χ4n) is 2.53. The van der Waals surface area contributed by atoms with Gasteiger partial charge >= 0.3 is 0 Å². The first kappa shape index (κ1) is 16.0. The van der Waals surface area contributed by atoms with Crippen molar-refractivity contribution in [3.8, 4) is 0 Å². The first-order valence-corrected chi connectivity index (χ1v) is 7.71. The van der Waals surface area contributed by atoms with E-state index in [1.807, 2.05) is 50.4 Å². The molecule has 2 nitrogen and oxygen atoms in total. The molecule has 0 spiro atoms. The Labute approximate surface area is 132 Å². The zero-order valence-electron chi connectivity index (χ0n) is 12.6. The van der Waals surface area contributed by atoms with Gasteiger partial charge in [0.25, 0.3) is 0 Å². The third-order valence-corrected chi connectivity index (χ3v) is 3.98. The van der Waals surface area contributed by atoms with Crippen molar-refractivity contribution in [2.24, 2.45) is 0 Å². The Hall–Kier alpha value is -1.35. The van der Waals surface area contributed by atoms with E-state index >= 15 is 0 Å². The molecule has 2 aromatic carbocycles. The van der Waals surface area contributed by atoms with Crippen LogP contribution < -0.4 is 5.32 Å². The van der Waals surface area contributed by atoms with Crippen LogP contribution in [0.5, 0.6) is 0 Å². The second kappa shape index (κ2) is 8.18. The summed E-state index contributed by atoms with van der Waals surface area (Å²) < 4.78 is 5.99. The summed E-state index contributed by atoms with van der Waals surface area (Å²) in [6, 6.07) is 18.5. The van der Waals surface area contributed by atoms with Gasteiger partial charge in [0, 0.05) is 17.7 Å². The van der Waals surface area contributed by atoms with Gasteiger partial charge in [0.05, 0.1) is 6.10 Å². The van der Waals surface area contributed by atoms with Gasteiger partial charge in [-0.1, -0.05) is 60.1 Å². The molecule has 21 heavy (non-hydrogen) atoms. The van der Waals surface area contributed by atoms with Gasteiger partial charge in [-0.05, 0) is 37.6 Å². The Balaban J connectivity index is 2.22. The molecule has 0 aromatic heterocycles. The highest BCUT2D eigenvalue weighted by Crippen LogP contribution is 2.26. The Kier molecular flexibility index (Phi) is 6.24. The predicted octanol–water partition coefficient (Wildman–Crippen LogP) is 4.25. The van der Waals surface area contributed by atoms with E-state index in [0.717, 1.165) is 17.0 Å². The van der Waals surface area contributed by atoms with E-state index in [0.29, 0.717) is 6.61 Å². The molecule has 0 aliphatic rings. The van der Waals surface area contributed by atoms with Crippen molar-refractivity contribution in [1.29, 1.82) is 0 Å². The maximum Gasteiger partial charge on any atom is 0.0980 e. The molecule has 2 unspecified atom stereocenters. The lowest BCUT2D eigenvalue weighted by molar-refractivity contribution is 0.0352. The molecular weight excluding hydrogens is 282 g/mol. The molecular formula is C18H22ClNO. The summed E-state index contributed by atoms with van der Waals surface area (Å²) in [6.45, 7) is 2.71. The summed E-state index contributed by atoms with van der Waals surface area (Å²) in [4.78, 5) is 0. The van der Waals surface area contributed by atoms with Crippen molar-refractivity contribution >= 4 is 11.6 Å². The molecule has 2 rings (SSSR count). The monoisotopic (exact) mass is 303 g/mol. The molecule has 0 amide bonds. The maximum atomic E-state index is 6.28. The summed E-state index contributed by atoms with van der Waals surface area (Å²) >= 11 is 6.28. The van der Waals surface area contributed by atoms with E-state index in [1.54, 1.807) is 0 Å². The molecule has 2 atom stereocenters. The Morgan fingerprint density at radius 2 is 1.71 bits per heavy atom. The van der Waals surface area contributed by atoms with E-state index in [4.69, 9.17) is 16.3 Å². The van der Waals surface area contributed by atoms with Gasteiger partial charge in [-0.15, -0.1) is 0 Å². The van der Waals surface area contributed by atoms with Gasteiger partial charge in [-0.2, -0.15) is 0 Å². The van der Waals surface area contributed by atoms with E-state index in [1.165, 1.54) is 5.56 Å². The summed E-state index contributed by atoms with van der Waals surface area (Å²) in [5.74, 6) is 0. The minimum Gasteiger partial charge on any atom is -0.372 e. The van der Waals surface area contributed by atoms with Gasteiger partial charge in [0.1, 0.15) is 0 Å². The van der Waals surface area contributed by atoms with Crippen LogP contribution in [-0.4, -0.2) is 19.7 Å². The van der Waals surface area contributed by atoms with Crippen molar-refractivity contribution < 1.29 is 4.74 Å². The van der Waals surface area contributed by atoms with Crippen LogP contribution in [-0.2, 0) is 11.2 Å². The molecule has 112 valence electrons. The van der Waals surface area contributed by atoms with Gasteiger partial charge in [-0.25, -0.2) is 0 Å². The van der Waals surface area contributed by atoms with Gasteiger partial charge in [-0.3, -0.25) is 0 Å². The maximum absolute atomic E-state index is 6.28. The predicted molar refractivity (Wildman–Crippen MR) is 88.8 cm³/mol. The molecule has 0 fully saturated rings. The van der Waals surface area contributed by atoms with Gasteiger partial charge in [0.2, 0.25) is 0 Å². The SMILES string of the molecule is CCOC(c1ccccc1)C(Cc1ccccc1Cl)NC. The molecule has 1 N–H and O–H groups in total. The summed E-state index contributed by atoms with van der Waals surface area (Å²) in [5.41, 5.74) is 2.32. The lowest BCUT2D eigenvalue weighted by Crippen LogP contribution is -2.35. The number of nitrogens with one attached hydrogen (secondary N) is 1. The fraction of sp³-hybridized carbons (Fsp3) is 0.333. The fourth-order valence-corrected chi connectivity index (χ4v) is 2.74. The van der Waals surface area contributed by atoms with Crippen LogP contribution >= 0.6 is 11.6 Å². The van der Waals surface area contributed by atoms with Crippen molar-refractivity contribution in [2.45, 2.75) is 25.5 Å². The Bertz CT molecular complexity index is 544. The lowest BCUT2D eigenvalue weighted by atomic mass is 9.96. The van der Waals surface area contributed by atoms with Crippen molar-refractivity contribution in [3.05, 3.63) is 70.7 Å². The van der Waals surface area contributed by atoms with E-state index in [2.05, 4.69) is 23.5 Å². The van der Waals surface area contributed by atoms with Gasteiger partial charge < -0.3 is 10.1 Å². The number of benzene rings is 2. The highest BCUT2D eigenvalue weighted by Gasteiger charge is 2.23. The van der Waals surface area contributed by atoms with E-state index < -0.39 is 0 Å². The first-order valence-electron chi connectivity index (χ1n) is 7.33. The molecule has 0 saturated carbocycles. The van der Waals surface area contributed by atoms with E-state index in [-0.39, 0.29) is 12.1 Å². The first-order chi connectivity index (χ1) is 10.3. The minimum atomic E-state index is 0.0115. The standard InChI is InChI=1S/C18H22ClNO/c1-3-21-18(14-9-5-4-6-10-14)17(20-2)13-15-11-7-8-12-16(15)19/h4-12,17-18,20H,3,13H2,1-2H3. The number of hydrogen-bond donors (Lipinski definition) is 1. The highest BCUT2D eigenvalue weighted by molar-refractivity contribution is 6.31. The molecule has 0 bridgehead atoms. The number of likely N-dealkylation sites (N-methyl/N-ethyl adjacent to an activating group) is 1. The van der Waals surface area contributed by atoms with Crippen molar-refractivity contribution in [3.63, 3.8) is 0 Å². The molecule has 0 aliphatic carbocycles. The van der Waals surface area contributed by atoms with Gasteiger partial charge in [0.15, 0.2) is 0 Å². The van der Waals surface area contributed by atoms with Crippen LogP contribution in [0.15, 0.2) is 54.6 Å². The third-order valence-electron chi connectivity index (χ3n) is 3.61.